The van der Waals surface area contributed by atoms with E-state index in [1.165, 1.54) is 57.2 Å². The van der Waals surface area contributed by atoms with Gasteiger partial charge in [0.05, 0.1) is 0 Å². The minimum Gasteiger partial charge on any atom is -0.370 e. The van der Waals surface area contributed by atoms with Gasteiger partial charge >= 0.3 is 0 Å². The largest absolute Gasteiger partial charge is 0.370 e. The number of rotatable bonds is 8. The van der Waals surface area contributed by atoms with Crippen LogP contribution in [0.5, 0.6) is 0 Å². The molecule has 112 valence electrons. The van der Waals surface area contributed by atoms with E-state index >= 15 is 0 Å². The van der Waals surface area contributed by atoms with Gasteiger partial charge in [0.2, 0.25) is 0 Å². The molecule has 0 aliphatic carbocycles. The van der Waals surface area contributed by atoms with E-state index in [2.05, 4.69) is 47.4 Å². The molecule has 2 heterocycles. The van der Waals surface area contributed by atoms with Gasteiger partial charge < -0.3 is 5.32 Å². The molecule has 0 bridgehead atoms. The molecular weight excluding hydrogens is 246 g/mol. The fourth-order valence-electron chi connectivity index (χ4n) is 2.93. The number of pyridine rings is 1. The Hall–Kier alpha value is -1.09. The molecule has 1 aliphatic heterocycles. The van der Waals surface area contributed by atoms with E-state index in [0.29, 0.717) is 6.04 Å². The minimum atomic E-state index is 0.596. The van der Waals surface area contributed by atoms with Gasteiger partial charge in [-0.1, -0.05) is 32.8 Å². The first-order chi connectivity index (χ1) is 9.85. The zero-order chi connectivity index (χ0) is 14.2. The van der Waals surface area contributed by atoms with E-state index in [1.807, 2.05) is 0 Å². The van der Waals surface area contributed by atoms with Crippen LogP contribution in [0.2, 0.25) is 0 Å². The van der Waals surface area contributed by atoms with Gasteiger partial charge in [-0.25, -0.2) is 4.98 Å². The van der Waals surface area contributed by atoms with Crippen molar-refractivity contribution < 1.29 is 0 Å². The van der Waals surface area contributed by atoms with Crippen LogP contribution >= 0.6 is 0 Å². The molecule has 0 amide bonds. The second kappa shape index (κ2) is 8.25. The summed E-state index contributed by atoms with van der Waals surface area (Å²) in [5, 5.41) is 3.38. The van der Waals surface area contributed by atoms with Crippen molar-refractivity contribution in [3.63, 3.8) is 0 Å². The van der Waals surface area contributed by atoms with Gasteiger partial charge in [0, 0.05) is 18.8 Å². The van der Waals surface area contributed by atoms with Crippen molar-refractivity contribution >= 4 is 5.82 Å². The number of nitrogens with one attached hydrogen (secondary N) is 1. The fraction of sp³-hybridized carbons (Fsp3) is 0.706. The molecule has 3 heteroatoms. The number of unbranched alkanes of at least 4 members (excludes halogenated alkanes) is 2. The van der Waals surface area contributed by atoms with Gasteiger partial charge in [-0.2, -0.15) is 0 Å². The normalized spacial score (nSPS) is 19.4. The molecule has 1 unspecified atom stereocenters. The van der Waals surface area contributed by atoms with E-state index in [1.54, 1.807) is 0 Å². The first-order valence-electron chi connectivity index (χ1n) is 8.29. The molecule has 0 radical (unpaired) electrons. The van der Waals surface area contributed by atoms with E-state index in [9.17, 15) is 0 Å². The summed E-state index contributed by atoms with van der Waals surface area (Å²) in [5.74, 6) is 1.01. The summed E-state index contributed by atoms with van der Waals surface area (Å²) in [4.78, 5) is 7.20. The molecule has 0 spiro atoms. The Bertz CT molecular complexity index is 374. The summed E-state index contributed by atoms with van der Waals surface area (Å²) in [6, 6.07) is 5.00. The van der Waals surface area contributed by atoms with Crippen LogP contribution in [-0.4, -0.2) is 29.5 Å². The van der Waals surface area contributed by atoms with Gasteiger partial charge in [-0.05, 0) is 50.4 Å². The highest BCUT2D eigenvalue weighted by atomic mass is 15.2. The third-order valence-corrected chi connectivity index (χ3v) is 4.17. The third kappa shape index (κ3) is 4.20. The summed E-state index contributed by atoms with van der Waals surface area (Å²) in [7, 11) is 0. The van der Waals surface area contributed by atoms with Crippen LogP contribution in [0.25, 0.3) is 0 Å². The number of anilines is 1. The average molecular weight is 275 g/mol. The van der Waals surface area contributed by atoms with Crippen molar-refractivity contribution in [2.24, 2.45) is 0 Å². The van der Waals surface area contributed by atoms with Crippen LogP contribution in [-0.2, 0) is 0 Å². The van der Waals surface area contributed by atoms with Crippen molar-refractivity contribution in [2.45, 2.75) is 58.4 Å². The van der Waals surface area contributed by atoms with E-state index in [-0.39, 0.29) is 0 Å². The van der Waals surface area contributed by atoms with E-state index < -0.39 is 0 Å². The van der Waals surface area contributed by atoms with Crippen molar-refractivity contribution in [2.75, 3.05) is 25.0 Å². The monoisotopic (exact) mass is 275 g/mol. The lowest BCUT2D eigenvalue weighted by atomic mass is 10.1. The predicted octanol–water partition coefficient (Wildman–Crippen LogP) is 4.23. The minimum absolute atomic E-state index is 0.596. The lowest BCUT2D eigenvalue weighted by Gasteiger charge is -2.24. The van der Waals surface area contributed by atoms with Gasteiger partial charge in [-0.3, -0.25) is 4.90 Å². The van der Waals surface area contributed by atoms with Gasteiger partial charge in [0.15, 0.2) is 0 Å². The number of hydrogen-bond donors (Lipinski definition) is 1. The molecule has 1 saturated heterocycles. The van der Waals surface area contributed by atoms with Crippen molar-refractivity contribution in [1.82, 2.24) is 9.88 Å². The predicted molar refractivity (Wildman–Crippen MR) is 86.1 cm³/mol. The molecule has 0 aromatic carbocycles. The lowest BCUT2D eigenvalue weighted by Crippen LogP contribution is -2.24. The highest BCUT2D eigenvalue weighted by Crippen LogP contribution is 2.31. The topological polar surface area (TPSA) is 28.2 Å². The van der Waals surface area contributed by atoms with Gasteiger partial charge in [-0.15, -0.1) is 0 Å². The summed E-state index contributed by atoms with van der Waals surface area (Å²) in [6.45, 7) is 7.99. The van der Waals surface area contributed by atoms with Crippen LogP contribution in [0.1, 0.15) is 64.0 Å². The second-order valence-corrected chi connectivity index (χ2v) is 5.80. The van der Waals surface area contributed by atoms with Crippen LogP contribution < -0.4 is 5.32 Å². The Labute approximate surface area is 123 Å². The van der Waals surface area contributed by atoms with Crippen LogP contribution in [0.15, 0.2) is 18.3 Å². The third-order valence-electron chi connectivity index (χ3n) is 4.17. The molecule has 1 aromatic rings. The smallest absolute Gasteiger partial charge is 0.125 e. The molecular formula is C17H29N3. The van der Waals surface area contributed by atoms with Crippen molar-refractivity contribution in [1.29, 1.82) is 0 Å². The van der Waals surface area contributed by atoms with Gasteiger partial charge in [0.25, 0.3) is 0 Å². The molecule has 2 rings (SSSR count). The Morgan fingerprint density at radius 2 is 2.10 bits per heavy atom. The maximum Gasteiger partial charge on any atom is 0.125 e. The van der Waals surface area contributed by atoms with E-state index in [0.717, 1.165) is 12.4 Å². The number of aromatic nitrogens is 1. The van der Waals surface area contributed by atoms with E-state index in [4.69, 9.17) is 0 Å². The first kappa shape index (κ1) is 15.3. The molecule has 1 fully saturated rings. The average Bonchev–Trinajstić information content (AvgIpc) is 2.94. The molecule has 3 nitrogen and oxygen atoms in total. The summed E-state index contributed by atoms with van der Waals surface area (Å²) >= 11 is 0. The fourth-order valence-corrected chi connectivity index (χ4v) is 2.93. The summed E-state index contributed by atoms with van der Waals surface area (Å²) in [5.41, 5.74) is 1.39. The van der Waals surface area contributed by atoms with Crippen molar-refractivity contribution in [3.8, 4) is 0 Å². The summed E-state index contributed by atoms with van der Waals surface area (Å²) < 4.78 is 0. The molecule has 20 heavy (non-hydrogen) atoms. The molecule has 1 N–H and O–H groups in total. The number of hydrogen-bond acceptors (Lipinski definition) is 3. The Morgan fingerprint density at radius 3 is 2.80 bits per heavy atom. The Kier molecular flexibility index (Phi) is 6.31. The molecule has 1 aromatic heterocycles. The quantitative estimate of drug-likeness (QED) is 0.720. The number of likely N-dealkylation sites (tertiary alicyclic amines) is 1. The molecule has 1 atom stereocenters. The highest BCUT2D eigenvalue weighted by Gasteiger charge is 2.25. The van der Waals surface area contributed by atoms with Crippen LogP contribution in [0, 0.1) is 0 Å². The standard InChI is InChI=1S/C17H29N3/c1-3-5-11-18-17-10-9-15(14-19-17)16-8-7-13-20(16)12-6-4-2/h9-10,14,16H,3-8,11-13H2,1-2H3,(H,18,19). The Balaban J connectivity index is 1.91. The zero-order valence-corrected chi connectivity index (χ0v) is 13.1. The maximum absolute atomic E-state index is 4.57. The zero-order valence-electron chi connectivity index (χ0n) is 13.1. The highest BCUT2D eigenvalue weighted by molar-refractivity contribution is 5.36. The van der Waals surface area contributed by atoms with Crippen LogP contribution in [0.3, 0.4) is 0 Å². The Morgan fingerprint density at radius 1 is 1.25 bits per heavy atom. The molecule has 0 saturated carbocycles. The van der Waals surface area contributed by atoms with Gasteiger partial charge in [0.1, 0.15) is 5.82 Å². The number of nitrogens with zero attached hydrogens (tertiary/aromatic N) is 2. The van der Waals surface area contributed by atoms with Crippen molar-refractivity contribution in [3.05, 3.63) is 23.9 Å². The first-order valence-corrected chi connectivity index (χ1v) is 8.29. The lowest BCUT2D eigenvalue weighted by molar-refractivity contribution is 0.253. The van der Waals surface area contributed by atoms with Crippen LogP contribution in [0.4, 0.5) is 5.82 Å². The maximum atomic E-state index is 4.57. The molecule has 1 aliphatic rings. The SMILES string of the molecule is CCCCNc1ccc(C2CCCN2CCCC)cn1. The summed E-state index contributed by atoms with van der Waals surface area (Å²) in [6.07, 6.45) is 9.70. The second-order valence-electron chi connectivity index (χ2n) is 5.80.